The second-order valence-corrected chi connectivity index (χ2v) is 7.10. The average molecular weight is 232 g/mol. The van der Waals surface area contributed by atoms with Crippen molar-refractivity contribution in [2.75, 3.05) is 25.4 Å². The van der Waals surface area contributed by atoms with Gasteiger partial charge in [-0.2, -0.15) is 4.31 Å². The lowest BCUT2D eigenvalue weighted by atomic mass is 9.90. The summed E-state index contributed by atoms with van der Waals surface area (Å²) >= 11 is 0. The Labute approximate surface area is 92.1 Å². The minimum atomic E-state index is -2.99. The molecule has 0 amide bonds. The van der Waals surface area contributed by atoms with Crippen molar-refractivity contribution in [1.29, 1.82) is 0 Å². The molecule has 0 aromatic carbocycles. The van der Waals surface area contributed by atoms with E-state index in [0.717, 1.165) is 25.9 Å². The van der Waals surface area contributed by atoms with Crippen LogP contribution in [0.4, 0.5) is 0 Å². The molecule has 0 radical (unpaired) electrons. The van der Waals surface area contributed by atoms with E-state index in [9.17, 15) is 8.42 Å². The summed E-state index contributed by atoms with van der Waals surface area (Å²) in [4.78, 5) is 0. The van der Waals surface area contributed by atoms with Gasteiger partial charge in [-0.05, 0) is 38.8 Å². The van der Waals surface area contributed by atoms with Gasteiger partial charge >= 0.3 is 0 Å². The third kappa shape index (κ3) is 2.05. The van der Waals surface area contributed by atoms with E-state index >= 15 is 0 Å². The van der Waals surface area contributed by atoms with Crippen LogP contribution in [0, 0.1) is 5.92 Å². The Balaban J connectivity index is 2.22. The third-order valence-corrected chi connectivity index (χ3v) is 5.84. The molecule has 1 unspecified atom stereocenters. The van der Waals surface area contributed by atoms with Gasteiger partial charge in [-0.25, -0.2) is 8.42 Å². The predicted octanol–water partition coefficient (Wildman–Crippen LogP) is 0.410. The molecule has 2 rings (SSSR count). The van der Waals surface area contributed by atoms with Crippen LogP contribution in [-0.2, 0) is 10.0 Å². The van der Waals surface area contributed by atoms with Gasteiger partial charge in [0.1, 0.15) is 0 Å². The lowest BCUT2D eigenvalue weighted by Gasteiger charge is -2.40. The van der Waals surface area contributed by atoms with Gasteiger partial charge in [0.15, 0.2) is 0 Å². The molecule has 1 N–H and O–H groups in total. The molecule has 2 saturated heterocycles. The van der Waals surface area contributed by atoms with Crippen LogP contribution in [0.3, 0.4) is 0 Å². The van der Waals surface area contributed by atoms with Crippen molar-refractivity contribution in [2.24, 2.45) is 5.92 Å². The number of piperidine rings is 1. The first kappa shape index (κ1) is 11.4. The first-order valence-corrected chi connectivity index (χ1v) is 7.26. The molecule has 2 heterocycles. The zero-order valence-corrected chi connectivity index (χ0v) is 10.3. The highest BCUT2D eigenvalue weighted by Gasteiger charge is 2.45. The Morgan fingerprint density at radius 1 is 1.33 bits per heavy atom. The number of hydrogen-bond donors (Lipinski definition) is 1. The van der Waals surface area contributed by atoms with E-state index in [-0.39, 0.29) is 11.5 Å². The predicted molar refractivity (Wildman–Crippen MR) is 60.2 cm³/mol. The van der Waals surface area contributed by atoms with E-state index in [1.54, 1.807) is 4.31 Å². The second-order valence-electron chi connectivity index (χ2n) is 5.16. The Kier molecular flexibility index (Phi) is 2.81. The summed E-state index contributed by atoms with van der Waals surface area (Å²) in [7, 11) is -2.99. The van der Waals surface area contributed by atoms with E-state index < -0.39 is 10.0 Å². The van der Waals surface area contributed by atoms with E-state index in [4.69, 9.17) is 0 Å². The summed E-state index contributed by atoms with van der Waals surface area (Å²) in [5, 5.41) is 3.28. The number of nitrogens with zero attached hydrogens (tertiary/aromatic N) is 1. The molecule has 0 saturated carbocycles. The highest BCUT2D eigenvalue weighted by molar-refractivity contribution is 7.89. The maximum absolute atomic E-state index is 12.0. The van der Waals surface area contributed by atoms with E-state index in [1.165, 1.54) is 0 Å². The number of rotatable bonds is 1. The topological polar surface area (TPSA) is 49.4 Å². The van der Waals surface area contributed by atoms with Crippen molar-refractivity contribution < 1.29 is 8.42 Å². The molecule has 0 spiro atoms. The molecule has 0 aromatic rings. The highest BCUT2D eigenvalue weighted by Crippen LogP contribution is 2.33. The SMILES string of the molecule is CC1CN(C2(C)CCNCC2)S(=O)(=O)C1. The summed E-state index contributed by atoms with van der Waals surface area (Å²) < 4.78 is 25.7. The number of sulfonamides is 1. The Morgan fingerprint density at radius 2 is 1.93 bits per heavy atom. The van der Waals surface area contributed by atoms with Crippen LogP contribution in [0.25, 0.3) is 0 Å². The second kappa shape index (κ2) is 3.71. The van der Waals surface area contributed by atoms with Crippen molar-refractivity contribution in [1.82, 2.24) is 9.62 Å². The summed E-state index contributed by atoms with van der Waals surface area (Å²) in [6.07, 6.45) is 1.86. The van der Waals surface area contributed by atoms with Gasteiger partial charge in [-0.3, -0.25) is 0 Å². The van der Waals surface area contributed by atoms with Crippen LogP contribution in [0.2, 0.25) is 0 Å². The summed E-state index contributed by atoms with van der Waals surface area (Å²) in [6.45, 7) is 6.66. The summed E-state index contributed by atoms with van der Waals surface area (Å²) in [6, 6.07) is 0. The quantitative estimate of drug-likeness (QED) is 0.712. The molecule has 5 heteroatoms. The third-order valence-electron chi connectivity index (χ3n) is 3.59. The van der Waals surface area contributed by atoms with Crippen LogP contribution < -0.4 is 5.32 Å². The fourth-order valence-corrected chi connectivity index (χ4v) is 5.01. The molecule has 4 nitrogen and oxygen atoms in total. The molecular formula is C10H20N2O2S. The minimum absolute atomic E-state index is 0.144. The molecule has 88 valence electrons. The molecule has 2 aliphatic rings. The van der Waals surface area contributed by atoms with Crippen molar-refractivity contribution in [3.8, 4) is 0 Å². The zero-order valence-electron chi connectivity index (χ0n) is 9.49. The molecule has 2 aliphatic heterocycles. The van der Waals surface area contributed by atoms with E-state index in [1.807, 2.05) is 6.92 Å². The first-order valence-electron chi connectivity index (χ1n) is 5.65. The molecule has 0 bridgehead atoms. The highest BCUT2D eigenvalue weighted by atomic mass is 32.2. The lowest BCUT2D eigenvalue weighted by Crippen LogP contribution is -2.53. The molecule has 0 aromatic heterocycles. The van der Waals surface area contributed by atoms with Crippen molar-refractivity contribution in [3.05, 3.63) is 0 Å². The fraction of sp³-hybridized carbons (Fsp3) is 1.00. The molecular weight excluding hydrogens is 212 g/mol. The Hall–Kier alpha value is -0.130. The van der Waals surface area contributed by atoms with Crippen molar-refractivity contribution >= 4 is 10.0 Å². The smallest absolute Gasteiger partial charge is 0.214 e. The van der Waals surface area contributed by atoms with Gasteiger partial charge in [0.25, 0.3) is 0 Å². The van der Waals surface area contributed by atoms with Gasteiger partial charge in [-0.15, -0.1) is 0 Å². The van der Waals surface area contributed by atoms with Crippen LogP contribution in [0.15, 0.2) is 0 Å². The lowest BCUT2D eigenvalue weighted by molar-refractivity contribution is 0.158. The fourth-order valence-electron chi connectivity index (χ4n) is 2.67. The normalized spacial score (nSPS) is 35.5. The summed E-state index contributed by atoms with van der Waals surface area (Å²) in [5.74, 6) is 0.609. The summed E-state index contributed by atoms with van der Waals surface area (Å²) in [5.41, 5.74) is -0.144. The van der Waals surface area contributed by atoms with Crippen LogP contribution >= 0.6 is 0 Å². The maximum atomic E-state index is 12.0. The average Bonchev–Trinajstić information content (AvgIpc) is 2.41. The van der Waals surface area contributed by atoms with E-state index in [2.05, 4.69) is 12.2 Å². The number of hydrogen-bond acceptors (Lipinski definition) is 3. The Bertz CT molecular complexity index is 333. The minimum Gasteiger partial charge on any atom is -0.317 e. The Morgan fingerprint density at radius 3 is 2.40 bits per heavy atom. The van der Waals surface area contributed by atoms with Gasteiger partial charge in [0.05, 0.1) is 5.75 Å². The van der Waals surface area contributed by atoms with Gasteiger partial charge < -0.3 is 5.32 Å². The first-order chi connectivity index (χ1) is 6.94. The molecule has 0 aliphatic carbocycles. The van der Waals surface area contributed by atoms with Crippen molar-refractivity contribution in [3.63, 3.8) is 0 Å². The standard InChI is InChI=1S/C10H20N2O2S/c1-9-7-12(15(13,14)8-9)10(2)3-5-11-6-4-10/h9,11H,3-8H2,1-2H3. The molecule has 1 atom stereocenters. The number of nitrogens with one attached hydrogen (secondary N) is 1. The monoisotopic (exact) mass is 232 g/mol. The molecule has 15 heavy (non-hydrogen) atoms. The van der Waals surface area contributed by atoms with Crippen LogP contribution in [-0.4, -0.2) is 43.6 Å². The van der Waals surface area contributed by atoms with Gasteiger partial charge in [0.2, 0.25) is 10.0 Å². The molecule has 2 fully saturated rings. The van der Waals surface area contributed by atoms with Gasteiger partial charge in [0, 0.05) is 12.1 Å². The van der Waals surface area contributed by atoms with Crippen molar-refractivity contribution in [2.45, 2.75) is 32.2 Å². The van der Waals surface area contributed by atoms with Crippen LogP contribution in [0.1, 0.15) is 26.7 Å². The van der Waals surface area contributed by atoms with Gasteiger partial charge in [-0.1, -0.05) is 6.92 Å². The van der Waals surface area contributed by atoms with Crippen LogP contribution in [0.5, 0.6) is 0 Å². The largest absolute Gasteiger partial charge is 0.317 e. The van der Waals surface area contributed by atoms with E-state index in [0.29, 0.717) is 12.3 Å². The zero-order chi connectivity index (χ0) is 11.1. The maximum Gasteiger partial charge on any atom is 0.214 e.